The monoisotopic (exact) mass is 414 g/mol. The highest BCUT2D eigenvalue weighted by Gasteiger charge is 2.33. The fourth-order valence-corrected chi connectivity index (χ4v) is 2.88. The predicted octanol–water partition coefficient (Wildman–Crippen LogP) is 3.41. The molecule has 0 unspecified atom stereocenters. The molecular weight excluding hydrogens is 397 g/mol. The third kappa shape index (κ3) is 5.81. The Morgan fingerprint density at radius 1 is 1.14 bits per heavy atom. The number of benzene rings is 1. The molecule has 2 rings (SSSR count). The van der Waals surface area contributed by atoms with Gasteiger partial charge in [-0.15, -0.1) is 11.3 Å². The highest BCUT2D eigenvalue weighted by molar-refractivity contribution is 7.11. The molecule has 2 amide bonds. The molecule has 0 spiro atoms. The summed E-state index contributed by atoms with van der Waals surface area (Å²) >= 11 is 1.16. The van der Waals surface area contributed by atoms with E-state index in [1.54, 1.807) is 24.4 Å². The fraction of sp³-hybridized carbons (Fsp3) is 0.278. The number of para-hydroxylation sites is 1. The maximum absolute atomic E-state index is 13.0. The van der Waals surface area contributed by atoms with Crippen LogP contribution in [0.25, 0.3) is 0 Å². The van der Waals surface area contributed by atoms with Crippen LogP contribution < -0.4 is 5.32 Å². The first-order valence-electron chi connectivity index (χ1n) is 8.16. The standard InChI is InChI=1S/C18H17F3N2O4S/c1-2-23(16(25)11-27-17(26)14-8-5-9-28-14)10-15(24)22-13-7-4-3-6-12(13)18(19,20)21/h3-9H,2,10-11H2,1H3,(H,22,24). The summed E-state index contributed by atoms with van der Waals surface area (Å²) in [6.45, 7) is 0.661. The van der Waals surface area contributed by atoms with Crippen molar-refractivity contribution in [2.24, 2.45) is 0 Å². The van der Waals surface area contributed by atoms with Crippen LogP contribution in [0.15, 0.2) is 41.8 Å². The molecule has 1 N–H and O–H groups in total. The molecule has 28 heavy (non-hydrogen) atoms. The van der Waals surface area contributed by atoms with Crippen molar-refractivity contribution in [1.29, 1.82) is 0 Å². The zero-order valence-electron chi connectivity index (χ0n) is 14.8. The molecule has 6 nitrogen and oxygen atoms in total. The summed E-state index contributed by atoms with van der Waals surface area (Å²) in [5.41, 5.74) is -1.38. The van der Waals surface area contributed by atoms with Gasteiger partial charge < -0.3 is 15.0 Å². The van der Waals surface area contributed by atoms with Crippen LogP contribution in [0.5, 0.6) is 0 Å². The number of alkyl halides is 3. The van der Waals surface area contributed by atoms with E-state index in [9.17, 15) is 27.6 Å². The Morgan fingerprint density at radius 2 is 1.86 bits per heavy atom. The van der Waals surface area contributed by atoms with Crippen molar-refractivity contribution in [2.75, 3.05) is 25.0 Å². The lowest BCUT2D eigenvalue weighted by Gasteiger charge is -2.21. The Morgan fingerprint density at radius 3 is 2.46 bits per heavy atom. The number of amides is 2. The first-order valence-corrected chi connectivity index (χ1v) is 9.04. The lowest BCUT2D eigenvalue weighted by Crippen LogP contribution is -2.40. The predicted molar refractivity (Wildman–Crippen MR) is 96.9 cm³/mol. The summed E-state index contributed by atoms with van der Waals surface area (Å²) in [6.07, 6.45) is -4.62. The summed E-state index contributed by atoms with van der Waals surface area (Å²) in [6, 6.07) is 7.75. The number of anilines is 1. The van der Waals surface area contributed by atoms with Gasteiger partial charge in [0, 0.05) is 6.54 Å². The summed E-state index contributed by atoms with van der Waals surface area (Å²) in [7, 11) is 0. The van der Waals surface area contributed by atoms with E-state index in [1.807, 2.05) is 0 Å². The molecule has 0 atom stereocenters. The van der Waals surface area contributed by atoms with E-state index in [-0.39, 0.29) is 6.54 Å². The molecule has 1 aromatic carbocycles. The minimum atomic E-state index is -4.62. The van der Waals surface area contributed by atoms with E-state index in [0.717, 1.165) is 28.4 Å². The van der Waals surface area contributed by atoms with Crippen molar-refractivity contribution in [3.8, 4) is 0 Å². The fourth-order valence-electron chi connectivity index (χ4n) is 2.26. The number of carbonyl (C=O) groups is 3. The van der Waals surface area contributed by atoms with E-state index in [4.69, 9.17) is 4.74 Å². The molecule has 0 saturated heterocycles. The molecule has 0 saturated carbocycles. The van der Waals surface area contributed by atoms with Gasteiger partial charge in [0.1, 0.15) is 4.88 Å². The topological polar surface area (TPSA) is 75.7 Å². The molecule has 0 aliphatic heterocycles. The van der Waals surface area contributed by atoms with Crippen molar-refractivity contribution in [2.45, 2.75) is 13.1 Å². The third-order valence-electron chi connectivity index (χ3n) is 3.62. The van der Waals surface area contributed by atoms with Crippen molar-refractivity contribution in [3.05, 3.63) is 52.2 Å². The van der Waals surface area contributed by atoms with Crippen LogP contribution in [0.4, 0.5) is 18.9 Å². The molecule has 10 heteroatoms. The minimum Gasteiger partial charge on any atom is -0.451 e. The van der Waals surface area contributed by atoms with Crippen LogP contribution in [0, 0.1) is 0 Å². The SMILES string of the molecule is CCN(CC(=O)Nc1ccccc1C(F)(F)F)C(=O)COC(=O)c1cccs1. The van der Waals surface area contributed by atoms with Crippen molar-refractivity contribution in [3.63, 3.8) is 0 Å². The second-order valence-corrected chi connectivity index (χ2v) is 6.50. The maximum Gasteiger partial charge on any atom is 0.418 e. The van der Waals surface area contributed by atoms with Gasteiger partial charge >= 0.3 is 12.1 Å². The number of carbonyl (C=O) groups excluding carboxylic acids is 3. The van der Waals surface area contributed by atoms with Crippen LogP contribution >= 0.6 is 11.3 Å². The zero-order valence-corrected chi connectivity index (χ0v) is 15.6. The average Bonchev–Trinajstić information content (AvgIpc) is 3.18. The molecule has 1 heterocycles. The largest absolute Gasteiger partial charge is 0.451 e. The van der Waals surface area contributed by atoms with Gasteiger partial charge in [-0.05, 0) is 30.5 Å². The maximum atomic E-state index is 13.0. The number of ether oxygens (including phenoxy) is 1. The third-order valence-corrected chi connectivity index (χ3v) is 4.47. The Kier molecular flexibility index (Phi) is 7.16. The zero-order chi connectivity index (χ0) is 20.7. The Labute approximate surface area is 162 Å². The molecular formula is C18H17F3N2O4S. The van der Waals surface area contributed by atoms with E-state index in [2.05, 4.69) is 5.32 Å². The number of nitrogens with one attached hydrogen (secondary N) is 1. The van der Waals surface area contributed by atoms with Crippen molar-refractivity contribution < 1.29 is 32.3 Å². The summed E-state index contributed by atoms with van der Waals surface area (Å²) in [5.74, 6) is -2.09. The number of halogens is 3. The van der Waals surface area contributed by atoms with Gasteiger partial charge in [-0.3, -0.25) is 9.59 Å². The number of rotatable bonds is 7. The number of hydrogen-bond donors (Lipinski definition) is 1. The molecule has 0 bridgehead atoms. The molecule has 0 fully saturated rings. The number of hydrogen-bond acceptors (Lipinski definition) is 5. The Bertz CT molecular complexity index is 838. The Balaban J connectivity index is 1.94. The molecule has 0 aliphatic carbocycles. The van der Waals surface area contributed by atoms with Gasteiger partial charge in [0.05, 0.1) is 17.8 Å². The van der Waals surface area contributed by atoms with Crippen LogP contribution in [-0.2, 0) is 20.5 Å². The highest BCUT2D eigenvalue weighted by Crippen LogP contribution is 2.34. The smallest absolute Gasteiger partial charge is 0.418 e. The van der Waals surface area contributed by atoms with E-state index < -0.39 is 48.4 Å². The lowest BCUT2D eigenvalue weighted by molar-refractivity contribution is -0.138. The van der Waals surface area contributed by atoms with Gasteiger partial charge in [0.25, 0.3) is 5.91 Å². The first kappa shape index (κ1) is 21.4. The number of thiophene rings is 1. The second-order valence-electron chi connectivity index (χ2n) is 5.55. The second kappa shape index (κ2) is 9.36. The average molecular weight is 414 g/mol. The molecule has 2 aromatic rings. The lowest BCUT2D eigenvalue weighted by atomic mass is 10.1. The van der Waals surface area contributed by atoms with E-state index in [0.29, 0.717) is 4.88 Å². The molecule has 0 aliphatic rings. The van der Waals surface area contributed by atoms with Gasteiger partial charge in [0.15, 0.2) is 6.61 Å². The van der Waals surface area contributed by atoms with Gasteiger partial charge in [-0.1, -0.05) is 18.2 Å². The number of nitrogens with zero attached hydrogens (tertiary/aromatic N) is 1. The number of likely N-dealkylation sites (N-methyl/N-ethyl adjacent to an activating group) is 1. The quantitative estimate of drug-likeness (QED) is 0.705. The highest BCUT2D eigenvalue weighted by atomic mass is 32.1. The summed E-state index contributed by atoms with van der Waals surface area (Å²) < 4.78 is 43.8. The summed E-state index contributed by atoms with van der Waals surface area (Å²) in [5, 5.41) is 3.85. The molecule has 0 radical (unpaired) electrons. The minimum absolute atomic E-state index is 0.115. The van der Waals surface area contributed by atoms with E-state index in [1.165, 1.54) is 12.1 Å². The summed E-state index contributed by atoms with van der Waals surface area (Å²) in [4.78, 5) is 37.4. The molecule has 1 aromatic heterocycles. The van der Waals surface area contributed by atoms with E-state index >= 15 is 0 Å². The van der Waals surface area contributed by atoms with Crippen molar-refractivity contribution >= 4 is 34.8 Å². The normalized spacial score (nSPS) is 11.0. The van der Waals surface area contributed by atoms with Crippen LogP contribution in [-0.4, -0.2) is 42.4 Å². The van der Waals surface area contributed by atoms with Crippen molar-refractivity contribution in [1.82, 2.24) is 4.90 Å². The Hall–Kier alpha value is -2.88. The van der Waals surface area contributed by atoms with Gasteiger partial charge in [0.2, 0.25) is 5.91 Å². The van der Waals surface area contributed by atoms with Gasteiger partial charge in [-0.2, -0.15) is 13.2 Å². The van der Waals surface area contributed by atoms with Crippen LogP contribution in [0.1, 0.15) is 22.2 Å². The van der Waals surface area contributed by atoms with Crippen LogP contribution in [0.2, 0.25) is 0 Å². The molecule has 150 valence electrons. The van der Waals surface area contributed by atoms with Gasteiger partial charge in [-0.25, -0.2) is 4.79 Å². The number of esters is 1. The first-order chi connectivity index (χ1) is 13.2. The van der Waals surface area contributed by atoms with Crippen LogP contribution in [0.3, 0.4) is 0 Å².